The number of rotatable bonds is 3. The quantitative estimate of drug-likeness (QED) is 0.794. The Balaban J connectivity index is 2.28. The maximum atomic E-state index is 12.0. The SMILES string of the molecule is Cc1cc(C(=O)Nc2ncccc2C(=O)O)ccc1O. The van der Waals surface area contributed by atoms with Crippen LogP contribution in [0.3, 0.4) is 0 Å². The number of nitrogens with zero attached hydrogens (tertiary/aromatic N) is 1. The molecule has 0 radical (unpaired) electrons. The zero-order chi connectivity index (χ0) is 14.7. The van der Waals surface area contributed by atoms with Crippen LogP contribution in [0.2, 0.25) is 0 Å². The van der Waals surface area contributed by atoms with Gasteiger partial charge >= 0.3 is 5.97 Å². The number of anilines is 1. The summed E-state index contributed by atoms with van der Waals surface area (Å²) in [4.78, 5) is 26.9. The third-order valence-electron chi connectivity index (χ3n) is 2.73. The smallest absolute Gasteiger partial charge is 0.339 e. The number of amides is 1. The Bertz CT molecular complexity index is 683. The summed E-state index contributed by atoms with van der Waals surface area (Å²) in [5, 5.41) is 20.9. The van der Waals surface area contributed by atoms with E-state index < -0.39 is 11.9 Å². The van der Waals surface area contributed by atoms with E-state index in [4.69, 9.17) is 5.11 Å². The summed E-state index contributed by atoms with van der Waals surface area (Å²) < 4.78 is 0. The third kappa shape index (κ3) is 2.74. The number of pyridine rings is 1. The van der Waals surface area contributed by atoms with Gasteiger partial charge in [0.1, 0.15) is 17.1 Å². The van der Waals surface area contributed by atoms with Crippen LogP contribution in [0.25, 0.3) is 0 Å². The molecule has 1 heterocycles. The number of carbonyl (C=O) groups is 2. The first kappa shape index (κ1) is 13.5. The van der Waals surface area contributed by atoms with Crippen molar-refractivity contribution in [3.8, 4) is 5.75 Å². The van der Waals surface area contributed by atoms with Gasteiger partial charge in [-0.1, -0.05) is 0 Å². The Morgan fingerprint density at radius 2 is 2.00 bits per heavy atom. The first-order valence-electron chi connectivity index (χ1n) is 5.78. The summed E-state index contributed by atoms with van der Waals surface area (Å²) in [6.07, 6.45) is 1.39. The number of hydrogen-bond donors (Lipinski definition) is 3. The molecule has 0 spiro atoms. The van der Waals surface area contributed by atoms with Crippen molar-refractivity contribution in [1.82, 2.24) is 4.98 Å². The molecule has 2 rings (SSSR count). The number of aromatic nitrogens is 1. The normalized spacial score (nSPS) is 10.1. The molecule has 0 saturated carbocycles. The van der Waals surface area contributed by atoms with E-state index in [0.717, 1.165) is 0 Å². The molecule has 1 amide bonds. The number of aromatic carboxylic acids is 1. The molecule has 6 heteroatoms. The third-order valence-corrected chi connectivity index (χ3v) is 2.73. The monoisotopic (exact) mass is 272 g/mol. The standard InChI is InChI=1S/C14H12N2O4/c1-8-7-9(4-5-11(8)17)13(18)16-12-10(14(19)20)3-2-6-15-12/h2-7,17H,1H3,(H,19,20)(H,15,16,18). The predicted molar refractivity (Wildman–Crippen MR) is 72.0 cm³/mol. The maximum Gasteiger partial charge on any atom is 0.339 e. The number of phenolic OH excluding ortho intramolecular Hbond substituents is 1. The number of benzene rings is 1. The summed E-state index contributed by atoms with van der Waals surface area (Å²) in [6, 6.07) is 7.19. The van der Waals surface area contributed by atoms with Crippen LogP contribution >= 0.6 is 0 Å². The molecule has 0 fully saturated rings. The van der Waals surface area contributed by atoms with Gasteiger partial charge in [0.05, 0.1) is 0 Å². The van der Waals surface area contributed by atoms with Crippen molar-refractivity contribution in [1.29, 1.82) is 0 Å². The largest absolute Gasteiger partial charge is 0.508 e. The molecule has 6 nitrogen and oxygen atoms in total. The summed E-state index contributed by atoms with van der Waals surface area (Å²) in [5.74, 6) is -1.59. The van der Waals surface area contributed by atoms with Gasteiger partial charge in [0.2, 0.25) is 0 Å². The van der Waals surface area contributed by atoms with Crippen molar-refractivity contribution in [2.75, 3.05) is 5.32 Å². The molecule has 102 valence electrons. The number of carboxylic acids is 1. The van der Waals surface area contributed by atoms with E-state index in [2.05, 4.69) is 10.3 Å². The fourth-order valence-electron chi connectivity index (χ4n) is 1.65. The Kier molecular flexibility index (Phi) is 3.65. The lowest BCUT2D eigenvalue weighted by Gasteiger charge is -2.08. The topological polar surface area (TPSA) is 99.5 Å². The number of carboxylic acid groups (broad SMARTS) is 1. The zero-order valence-corrected chi connectivity index (χ0v) is 10.6. The Morgan fingerprint density at radius 3 is 2.65 bits per heavy atom. The molecule has 0 aliphatic carbocycles. The summed E-state index contributed by atoms with van der Waals surface area (Å²) >= 11 is 0. The highest BCUT2D eigenvalue weighted by molar-refractivity contribution is 6.07. The Labute approximate surface area is 114 Å². The number of aryl methyl sites for hydroxylation is 1. The molecule has 1 aromatic carbocycles. The molecule has 20 heavy (non-hydrogen) atoms. The molecular formula is C14H12N2O4. The molecule has 0 saturated heterocycles. The first-order valence-corrected chi connectivity index (χ1v) is 5.78. The van der Waals surface area contributed by atoms with Gasteiger partial charge in [0.25, 0.3) is 5.91 Å². The average Bonchev–Trinajstić information content (AvgIpc) is 2.42. The molecule has 0 unspecified atom stereocenters. The van der Waals surface area contributed by atoms with Crippen molar-refractivity contribution in [3.63, 3.8) is 0 Å². The second-order valence-corrected chi connectivity index (χ2v) is 4.16. The minimum absolute atomic E-state index is 0.0178. The number of nitrogens with one attached hydrogen (secondary N) is 1. The molecule has 2 aromatic rings. The van der Waals surface area contributed by atoms with Crippen LogP contribution in [0.15, 0.2) is 36.5 Å². The van der Waals surface area contributed by atoms with Crippen LogP contribution in [0.5, 0.6) is 5.75 Å². The van der Waals surface area contributed by atoms with Crippen molar-refractivity contribution in [3.05, 3.63) is 53.2 Å². The van der Waals surface area contributed by atoms with Crippen molar-refractivity contribution < 1.29 is 19.8 Å². The number of carbonyl (C=O) groups excluding carboxylic acids is 1. The molecule has 0 atom stereocenters. The maximum absolute atomic E-state index is 12.0. The van der Waals surface area contributed by atoms with Gasteiger partial charge in [0, 0.05) is 11.8 Å². The van der Waals surface area contributed by atoms with Gasteiger partial charge in [-0.05, 0) is 42.8 Å². The molecule has 0 aliphatic rings. The first-order chi connectivity index (χ1) is 9.49. The van der Waals surface area contributed by atoms with Gasteiger partial charge in [-0.2, -0.15) is 0 Å². The highest BCUT2D eigenvalue weighted by atomic mass is 16.4. The fraction of sp³-hybridized carbons (Fsp3) is 0.0714. The molecular weight excluding hydrogens is 260 g/mol. The van der Waals surface area contributed by atoms with E-state index >= 15 is 0 Å². The van der Waals surface area contributed by atoms with E-state index in [9.17, 15) is 14.7 Å². The Hall–Kier alpha value is -2.89. The highest BCUT2D eigenvalue weighted by Crippen LogP contribution is 2.18. The van der Waals surface area contributed by atoms with Crippen molar-refractivity contribution in [2.45, 2.75) is 6.92 Å². The van der Waals surface area contributed by atoms with Gasteiger partial charge < -0.3 is 15.5 Å². The van der Waals surface area contributed by atoms with Crippen molar-refractivity contribution >= 4 is 17.7 Å². The molecule has 3 N–H and O–H groups in total. The molecule has 0 aliphatic heterocycles. The number of hydrogen-bond acceptors (Lipinski definition) is 4. The van der Waals surface area contributed by atoms with Gasteiger partial charge in [-0.3, -0.25) is 4.79 Å². The fourth-order valence-corrected chi connectivity index (χ4v) is 1.65. The van der Waals surface area contributed by atoms with Crippen LogP contribution < -0.4 is 5.32 Å². The van der Waals surface area contributed by atoms with Gasteiger partial charge in [0.15, 0.2) is 0 Å². The summed E-state index contributed by atoms with van der Waals surface area (Å²) in [6.45, 7) is 1.66. The van der Waals surface area contributed by atoms with Crippen LogP contribution in [0.1, 0.15) is 26.3 Å². The highest BCUT2D eigenvalue weighted by Gasteiger charge is 2.14. The number of aromatic hydroxyl groups is 1. The van der Waals surface area contributed by atoms with E-state index in [1.165, 1.54) is 36.5 Å². The van der Waals surface area contributed by atoms with Crippen molar-refractivity contribution in [2.24, 2.45) is 0 Å². The zero-order valence-electron chi connectivity index (χ0n) is 10.6. The van der Waals surface area contributed by atoms with Crippen LogP contribution in [-0.4, -0.2) is 27.1 Å². The van der Waals surface area contributed by atoms with E-state index in [-0.39, 0.29) is 17.1 Å². The molecule has 1 aromatic heterocycles. The van der Waals surface area contributed by atoms with Gasteiger partial charge in [-0.15, -0.1) is 0 Å². The lowest BCUT2D eigenvalue weighted by molar-refractivity contribution is 0.0697. The Morgan fingerprint density at radius 1 is 1.25 bits per heavy atom. The lowest BCUT2D eigenvalue weighted by atomic mass is 10.1. The van der Waals surface area contributed by atoms with E-state index in [1.54, 1.807) is 6.92 Å². The summed E-state index contributed by atoms with van der Waals surface area (Å²) in [7, 11) is 0. The minimum atomic E-state index is -1.17. The molecule has 0 bridgehead atoms. The lowest BCUT2D eigenvalue weighted by Crippen LogP contribution is -2.16. The number of phenols is 1. The predicted octanol–water partition coefficient (Wildman–Crippen LogP) is 2.05. The van der Waals surface area contributed by atoms with E-state index in [0.29, 0.717) is 11.1 Å². The summed E-state index contributed by atoms with van der Waals surface area (Å²) in [5.41, 5.74) is 0.774. The van der Waals surface area contributed by atoms with Gasteiger partial charge in [-0.25, -0.2) is 9.78 Å². The van der Waals surface area contributed by atoms with Crippen LogP contribution in [0.4, 0.5) is 5.82 Å². The minimum Gasteiger partial charge on any atom is -0.508 e. The average molecular weight is 272 g/mol. The van der Waals surface area contributed by atoms with E-state index in [1.807, 2.05) is 0 Å². The second kappa shape index (κ2) is 5.40. The van der Waals surface area contributed by atoms with Crippen LogP contribution in [-0.2, 0) is 0 Å². The van der Waals surface area contributed by atoms with Crippen LogP contribution in [0, 0.1) is 6.92 Å². The second-order valence-electron chi connectivity index (χ2n) is 4.16.